The first-order valence-electron chi connectivity index (χ1n) is 7.90. The van der Waals surface area contributed by atoms with Crippen LogP contribution < -0.4 is 19.7 Å². The smallest absolute Gasteiger partial charge is 0.254 e. The first-order valence-corrected chi connectivity index (χ1v) is 8.65. The van der Waals surface area contributed by atoms with Crippen molar-refractivity contribution in [1.82, 2.24) is 5.32 Å². The van der Waals surface area contributed by atoms with Gasteiger partial charge in [0.2, 0.25) is 12.7 Å². The Morgan fingerprint density at radius 3 is 2.69 bits per heavy atom. The number of hydrogen-bond donors (Lipinski definition) is 1. The van der Waals surface area contributed by atoms with Gasteiger partial charge in [-0.2, -0.15) is 0 Å². The third-order valence-corrected chi connectivity index (χ3v) is 4.91. The van der Waals surface area contributed by atoms with Crippen molar-refractivity contribution in [3.63, 3.8) is 0 Å². The van der Waals surface area contributed by atoms with E-state index in [1.807, 2.05) is 0 Å². The molecule has 8 heteroatoms. The molecule has 0 fully saturated rings. The van der Waals surface area contributed by atoms with Crippen molar-refractivity contribution in [3.8, 4) is 11.5 Å². The van der Waals surface area contributed by atoms with Gasteiger partial charge in [-0.1, -0.05) is 23.2 Å². The van der Waals surface area contributed by atoms with Crippen LogP contribution in [0.25, 0.3) is 0 Å². The normalized spacial score (nSPS) is 17.4. The van der Waals surface area contributed by atoms with Crippen LogP contribution in [-0.2, 0) is 16.1 Å². The Morgan fingerprint density at radius 1 is 1.23 bits per heavy atom. The molecule has 0 aromatic heterocycles. The largest absolute Gasteiger partial charge is 0.454 e. The van der Waals surface area contributed by atoms with E-state index in [9.17, 15) is 9.59 Å². The molecule has 1 N–H and O–H groups in total. The molecule has 134 valence electrons. The summed E-state index contributed by atoms with van der Waals surface area (Å²) in [5.74, 6) is 0.629. The zero-order chi connectivity index (χ0) is 18.4. The summed E-state index contributed by atoms with van der Waals surface area (Å²) < 4.78 is 10.7. The minimum absolute atomic E-state index is 0.143. The molecule has 6 nitrogen and oxygen atoms in total. The number of hydrogen-bond acceptors (Lipinski definition) is 4. The highest BCUT2D eigenvalue weighted by atomic mass is 35.5. The van der Waals surface area contributed by atoms with E-state index in [1.54, 1.807) is 35.2 Å². The van der Waals surface area contributed by atoms with Crippen LogP contribution in [0, 0.1) is 0 Å². The summed E-state index contributed by atoms with van der Waals surface area (Å²) in [6, 6.07) is 7.83. The molecule has 2 aromatic rings. The van der Waals surface area contributed by atoms with Gasteiger partial charge in [0, 0.05) is 34.3 Å². The van der Waals surface area contributed by atoms with Crippen molar-refractivity contribution in [2.75, 3.05) is 11.7 Å². The number of nitrogens with one attached hydrogen (secondary N) is 1. The van der Waals surface area contributed by atoms with Gasteiger partial charge in [0.05, 0.1) is 6.54 Å². The Labute approximate surface area is 159 Å². The SMILES string of the molecule is CC(=O)N[C@H]1C(=O)N(Cc2cc3c(cc2Cl)OCO3)c2ccc(Cl)cc21. The van der Waals surface area contributed by atoms with E-state index in [0.29, 0.717) is 38.4 Å². The fourth-order valence-corrected chi connectivity index (χ4v) is 3.56. The average Bonchev–Trinajstić information content (AvgIpc) is 3.12. The number of halogens is 2. The molecule has 2 aliphatic heterocycles. The highest BCUT2D eigenvalue weighted by Gasteiger charge is 2.38. The lowest BCUT2D eigenvalue weighted by atomic mass is 10.1. The molecule has 2 aliphatic rings. The Kier molecular flexibility index (Phi) is 4.17. The average molecular weight is 393 g/mol. The number of carbonyl (C=O) groups excluding carboxylic acids is 2. The fraction of sp³-hybridized carbons (Fsp3) is 0.222. The topological polar surface area (TPSA) is 67.9 Å². The van der Waals surface area contributed by atoms with Crippen molar-refractivity contribution in [2.24, 2.45) is 0 Å². The van der Waals surface area contributed by atoms with Crippen molar-refractivity contribution < 1.29 is 19.1 Å². The summed E-state index contributed by atoms with van der Waals surface area (Å²) >= 11 is 12.4. The van der Waals surface area contributed by atoms with E-state index in [1.165, 1.54) is 6.92 Å². The molecule has 0 unspecified atom stereocenters. The third-order valence-electron chi connectivity index (χ3n) is 4.32. The number of nitrogens with zero attached hydrogens (tertiary/aromatic N) is 1. The highest BCUT2D eigenvalue weighted by molar-refractivity contribution is 6.32. The number of anilines is 1. The maximum absolute atomic E-state index is 12.9. The van der Waals surface area contributed by atoms with Gasteiger partial charge in [-0.3, -0.25) is 9.59 Å². The maximum atomic E-state index is 12.9. The number of ether oxygens (including phenoxy) is 2. The van der Waals surface area contributed by atoms with Gasteiger partial charge in [0.15, 0.2) is 11.5 Å². The molecule has 2 aromatic carbocycles. The van der Waals surface area contributed by atoms with E-state index in [2.05, 4.69) is 5.32 Å². The van der Waals surface area contributed by atoms with Gasteiger partial charge >= 0.3 is 0 Å². The van der Waals surface area contributed by atoms with Crippen molar-refractivity contribution >= 4 is 40.7 Å². The summed E-state index contributed by atoms with van der Waals surface area (Å²) in [6.45, 7) is 1.75. The Balaban J connectivity index is 1.71. The first-order chi connectivity index (χ1) is 12.4. The van der Waals surface area contributed by atoms with E-state index in [0.717, 1.165) is 0 Å². The predicted molar refractivity (Wildman–Crippen MR) is 96.8 cm³/mol. The maximum Gasteiger partial charge on any atom is 0.254 e. The predicted octanol–water partition coefficient (Wildman–Crippen LogP) is 3.45. The second kappa shape index (κ2) is 6.37. The number of benzene rings is 2. The van der Waals surface area contributed by atoms with Crippen LogP contribution in [0.5, 0.6) is 11.5 Å². The van der Waals surface area contributed by atoms with Gasteiger partial charge in [-0.15, -0.1) is 0 Å². The Morgan fingerprint density at radius 2 is 1.96 bits per heavy atom. The molecule has 0 spiro atoms. The van der Waals surface area contributed by atoms with Gasteiger partial charge < -0.3 is 19.7 Å². The lowest BCUT2D eigenvalue weighted by Crippen LogP contribution is -2.36. The van der Waals surface area contributed by atoms with Gasteiger partial charge in [0.1, 0.15) is 6.04 Å². The molecule has 2 heterocycles. The number of fused-ring (bicyclic) bond motifs is 2. The summed E-state index contributed by atoms with van der Waals surface area (Å²) in [4.78, 5) is 26.0. The quantitative estimate of drug-likeness (QED) is 0.868. The minimum atomic E-state index is -0.769. The summed E-state index contributed by atoms with van der Waals surface area (Å²) in [6.07, 6.45) is 0. The van der Waals surface area contributed by atoms with Crippen molar-refractivity contribution in [2.45, 2.75) is 19.5 Å². The van der Waals surface area contributed by atoms with Crippen molar-refractivity contribution in [3.05, 3.63) is 51.5 Å². The molecule has 0 radical (unpaired) electrons. The summed E-state index contributed by atoms with van der Waals surface area (Å²) in [5.41, 5.74) is 2.06. The fourth-order valence-electron chi connectivity index (χ4n) is 3.17. The molecular formula is C18H14Cl2N2O4. The van der Waals surface area contributed by atoms with Crippen LogP contribution in [0.15, 0.2) is 30.3 Å². The molecule has 0 aliphatic carbocycles. The lowest BCUT2D eigenvalue weighted by Gasteiger charge is -2.19. The lowest BCUT2D eigenvalue weighted by molar-refractivity contribution is -0.126. The molecule has 1 atom stereocenters. The summed E-state index contributed by atoms with van der Waals surface area (Å²) in [7, 11) is 0. The standard InChI is InChI=1S/C18H14Cl2N2O4/c1-9(23)21-17-12-5-11(19)2-3-14(12)22(18(17)24)7-10-4-15-16(6-13(10)20)26-8-25-15/h2-6,17H,7-8H2,1H3,(H,21,23)/t17-/m1/s1. The molecule has 2 amide bonds. The molecule has 0 saturated heterocycles. The highest BCUT2D eigenvalue weighted by Crippen LogP contribution is 2.41. The molecular weight excluding hydrogens is 379 g/mol. The van der Waals surface area contributed by atoms with Crippen LogP contribution >= 0.6 is 23.2 Å². The Hall–Kier alpha value is -2.44. The van der Waals surface area contributed by atoms with Crippen LogP contribution in [0.2, 0.25) is 10.0 Å². The zero-order valence-corrected chi connectivity index (χ0v) is 15.2. The van der Waals surface area contributed by atoms with Gasteiger partial charge in [-0.05, 0) is 29.8 Å². The summed E-state index contributed by atoms with van der Waals surface area (Å²) in [5, 5.41) is 3.65. The van der Waals surface area contributed by atoms with Gasteiger partial charge in [-0.25, -0.2) is 0 Å². The zero-order valence-electron chi connectivity index (χ0n) is 13.7. The molecule has 4 rings (SSSR count). The van der Waals surface area contributed by atoms with E-state index in [4.69, 9.17) is 32.7 Å². The van der Waals surface area contributed by atoms with E-state index >= 15 is 0 Å². The van der Waals surface area contributed by atoms with E-state index in [-0.39, 0.29) is 25.2 Å². The van der Waals surface area contributed by atoms with Crippen LogP contribution in [0.1, 0.15) is 24.1 Å². The van der Waals surface area contributed by atoms with Crippen LogP contribution in [-0.4, -0.2) is 18.6 Å². The Bertz CT molecular complexity index is 932. The molecule has 0 bridgehead atoms. The number of amides is 2. The van der Waals surface area contributed by atoms with E-state index < -0.39 is 6.04 Å². The van der Waals surface area contributed by atoms with Gasteiger partial charge in [0.25, 0.3) is 5.91 Å². The van der Waals surface area contributed by atoms with Crippen LogP contribution in [0.4, 0.5) is 5.69 Å². The second-order valence-corrected chi connectivity index (χ2v) is 6.90. The molecule has 0 saturated carbocycles. The van der Waals surface area contributed by atoms with Crippen LogP contribution in [0.3, 0.4) is 0 Å². The van der Waals surface area contributed by atoms with Crippen molar-refractivity contribution in [1.29, 1.82) is 0 Å². The second-order valence-electron chi connectivity index (χ2n) is 6.06. The third kappa shape index (κ3) is 2.85. The molecule has 26 heavy (non-hydrogen) atoms. The number of carbonyl (C=O) groups is 2. The minimum Gasteiger partial charge on any atom is -0.454 e. The monoisotopic (exact) mass is 392 g/mol. The number of rotatable bonds is 3. The first kappa shape index (κ1) is 17.0.